The minimum Gasteiger partial charge on any atom is -0.369 e. The quantitative estimate of drug-likeness (QED) is 0.374. The molecule has 0 spiro atoms. The number of nitrogens with one attached hydrogen (secondary N) is 2. The zero-order valence-corrected chi connectivity index (χ0v) is 20.7. The van der Waals surface area contributed by atoms with Gasteiger partial charge in [0.15, 0.2) is 0 Å². The SMILES string of the molecule is Cc1cc(Nc2cc3c(ccn3S(=O)(=O)c3cccc4cccnc34)cn2)ccc1N1CCNCC1. The smallest absolute Gasteiger partial charge is 0.270 e. The van der Waals surface area contributed by atoms with Gasteiger partial charge in [-0.15, -0.1) is 0 Å². The Morgan fingerprint density at radius 3 is 2.61 bits per heavy atom. The predicted molar refractivity (Wildman–Crippen MR) is 144 cm³/mol. The number of nitrogens with zero attached hydrogens (tertiary/aromatic N) is 4. The van der Waals surface area contributed by atoms with E-state index in [1.807, 2.05) is 18.2 Å². The van der Waals surface area contributed by atoms with Crippen molar-refractivity contribution in [3.63, 3.8) is 0 Å². The summed E-state index contributed by atoms with van der Waals surface area (Å²) in [6.07, 6.45) is 4.86. The predicted octanol–water partition coefficient (Wildman–Crippen LogP) is 4.28. The summed E-state index contributed by atoms with van der Waals surface area (Å²) in [5, 5.41) is 8.24. The number of anilines is 3. The summed E-state index contributed by atoms with van der Waals surface area (Å²) >= 11 is 0. The molecule has 0 amide bonds. The van der Waals surface area contributed by atoms with Crippen LogP contribution in [0.2, 0.25) is 0 Å². The van der Waals surface area contributed by atoms with Crippen LogP contribution in [-0.4, -0.2) is 48.5 Å². The van der Waals surface area contributed by atoms with Crippen LogP contribution >= 0.6 is 0 Å². The van der Waals surface area contributed by atoms with Gasteiger partial charge >= 0.3 is 0 Å². The molecule has 1 saturated heterocycles. The van der Waals surface area contributed by atoms with Gasteiger partial charge in [-0.25, -0.2) is 17.4 Å². The van der Waals surface area contributed by atoms with Gasteiger partial charge in [0.05, 0.1) is 11.0 Å². The van der Waals surface area contributed by atoms with E-state index in [1.54, 1.807) is 48.9 Å². The Labute approximate surface area is 209 Å². The van der Waals surface area contributed by atoms with E-state index in [1.165, 1.54) is 15.2 Å². The Morgan fingerprint density at radius 2 is 1.78 bits per heavy atom. The van der Waals surface area contributed by atoms with E-state index in [-0.39, 0.29) is 4.90 Å². The van der Waals surface area contributed by atoms with Gasteiger partial charge in [0, 0.05) is 73.0 Å². The van der Waals surface area contributed by atoms with E-state index in [0.29, 0.717) is 16.9 Å². The molecule has 0 atom stereocenters. The van der Waals surface area contributed by atoms with Gasteiger partial charge in [0.2, 0.25) is 0 Å². The lowest BCUT2D eigenvalue weighted by Crippen LogP contribution is -2.43. The summed E-state index contributed by atoms with van der Waals surface area (Å²) in [4.78, 5) is 11.4. The first-order valence-electron chi connectivity index (χ1n) is 11.9. The zero-order valence-electron chi connectivity index (χ0n) is 19.8. The largest absolute Gasteiger partial charge is 0.369 e. The molecular formula is C27H26N6O2S. The van der Waals surface area contributed by atoms with E-state index < -0.39 is 10.0 Å². The molecule has 1 aliphatic rings. The third-order valence-corrected chi connectivity index (χ3v) is 8.32. The summed E-state index contributed by atoms with van der Waals surface area (Å²) in [6, 6.07) is 18.6. The number of hydrogen-bond donors (Lipinski definition) is 2. The standard InChI is InChI=1S/C27H26N6O2S/c1-19-16-22(7-8-23(19)32-14-11-28-12-15-32)31-26-17-24-21(18-30-26)9-13-33(24)36(34,35)25-6-2-4-20-5-3-10-29-27(20)25/h2-10,13,16-18,28H,11-12,14-15H2,1H3,(H,30,31). The van der Waals surface area contributed by atoms with Gasteiger partial charge in [0.25, 0.3) is 10.0 Å². The van der Waals surface area contributed by atoms with Crippen LogP contribution in [0.25, 0.3) is 21.8 Å². The van der Waals surface area contributed by atoms with Crippen LogP contribution in [0.5, 0.6) is 0 Å². The van der Waals surface area contributed by atoms with Crippen molar-refractivity contribution in [2.24, 2.45) is 0 Å². The van der Waals surface area contributed by atoms with E-state index >= 15 is 0 Å². The molecule has 6 rings (SSSR count). The second-order valence-electron chi connectivity index (χ2n) is 8.94. The normalized spacial score (nSPS) is 14.4. The maximum Gasteiger partial charge on any atom is 0.270 e. The number of pyridine rings is 2. The number of para-hydroxylation sites is 1. The number of fused-ring (bicyclic) bond motifs is 2. The van der Waals surface area contributed by atoms with Crippen molar-refractivity contribution in [2.75, 3.05) is 36.4 Å². The van der Waals surface area contributed by atoms with E-state index in [9.17, 15) is 8.42 Å². The van der Waals surface area contributed by atoms with Gasteiger partial charge in [-0.3, -0.25) is 4.98 Å². The molecule has 2 N–H and O–H groups in total. The monoisotopic (exact) mass is 498 g/mol. The van der Waals surface area contributed by atoms with Gasteiger partial charge < -0.3 is 15.5 Å². The number of rotatable bonds is 5. The van der Waals surface area contributed by atoms with Crippen molar-refractivity contribution in [3.05, 3.63) is 84.8 Å². The minimum atomic E-state index is -3.88. The Balaban J connectivity index is 1.34. The molecule has 0 radical (unpaired) electrons. The molecular weight excluding hydrogens is 472 g/mol. The molecule has 0 aliphatic carbocycles. The Morgan fingerprint density at radius 1 is 0.944 bits per heavy atom. The summed E-state index contributed by atoms with van der Waals surface area (Å²) < 4.78 is 28.7. The second kappa shape index (κ2) is 8.92. The molecule has 36 heavy (non-hydrogen) atoms. The maximum absolute atomic E-state index is 13.7. The van der Waals surface area contributed by atoms with E-state index in [4.69, 9.17) is 0 Å². The number of aryl methyl sites for hydroxylation is 1. The number of benzene rings is 2. The molecule has 9 heteroatoms. The van der Waals surface area contributed by atoms with Gasteiger partial charge in [-0.05, 0) is 48.9 Å². The molecule has 3 aromatic heterocycles. The first kappa shape index (κ1) is 22.5. The maximum atomic E-state index is 13.7. The van der Waals surface area contributed by atoms with Gasteiger partial charge in [-0.2, -0.15) is 0 Å². The highest BCUT2D eigenvalue weighted by Crippen LogP contribution is 2.29. The van der Waals surface area contributed by atoms with Crippen LogP contribution in [0.4, 0.5) is 17.2 Å². The van der Waals surface area contributed by atoms with Crippen molar-refractivity contribution in [1.29, 1.82) is 0 Å². The Kier molecular flexibility index (Phi) is 5.58. The highest BCUT2D eigenvalue weighted by atomic mass is 32.2. The van der Waals surface area contributed by atoms with Gasteiger partial charge in [0.1, 0.15) is 10.7 Å². The zero-order chi connectivity index (χ0) is 24.7. The highest BCUT2D eigenvalue weighted by molar-refractivity contribution is 7.90. The molecule has 8 nitrogen and oxygen atoms in total. The topological polar surface area (TPSA) is 92.1 Å². The van der Waals surface area contributed by atoms with Gasteiger partial charge in [-0.1, -0.05) is 18.2 Å². The fourth-order valence-corrected chi connectivity index (χ4v) is 6.33. The lowest BCUT2D eigenvalue weighted by Gasteiger charge is -2.30. The molecule has 5 aromatic rings. The van der Waals surface area contributed by atoms with E-state index in [2.05, 4.69) is 44.6 Å². The van der Waals surface area contributed by atoms with Crippen molar-refractivity contribution < 1.29 is 8.42 Å². The summed E-state index contributed by atoms with van der Waals surface area (Å²) in [7, 11) is -3.88. The second-order valence-corrected chi connectivity index (χ2v) is 10.7. The summed E-state index contributed by atoms with van der Waals surface area (Å²) in [6.45, 7) is 6.06. The highest BCUT2D eigenvalue weighted by Gasteiger charge is 2.22. The molecule has 2 aromatic carbocycles. The first-order valence-corrected chi connectivity index (χ1v) is 13.3. The van der Waals surface area contributed by atoms with Crippen LogP contribution in [0, 0.1) is 6.92 Å². The van der Waals surface area contributed by atoms with Crippen molar-refractivity contribution in [3.8, 4) is 0 Å². The molecule has 182 valence electrons. The van der Waals surface area contributed by atoms with Crippen LogP contribution < -0.4 is 15.5 Å². The van der Waals surface area contributed by atoms with Crippen LogP contribution in [0.15, 0.2) is 84.1 Å². The molecule has 0 unspecified atom stereocenters. The third-order valence-electron chi connectivity index (χ3n) is 6.60. The average Bonchev–Trinajstić information content (AvgIpc) is 3.33. The van der Waals surface area contributed by atoms with Crippen molar-refractivity contribution in [2.45, 2.75) is 11.8 Å². The Hall–Kier alpha value is -3.95. The van der Waals surface area contributed by atoms with Crippen LogP contribution in [0.3, 0.4) is 0 Å². The number of aromatic nitrogens is 3. The lowest BCUT2D eigenvalue weighted by molar-refractivity contribution is 0.588. The summed E-state index contributed by atoms with van der Waals surface area (Å²) in [5.74, 6) is 0.572. The van der Waals surface area contributed by atoms with Crippen molar-refractivity contribution >= 4 is 49.0 Å². The summed E-state index contributed by atoms with van der Waals surface area (Å²) in [5.41, 5.74) is 4.31. The Bertz CT molecular complexity index is 1680. The van der Waals surface area contributed by atoms with Crippen LogP contribution in [-0.2, 0) is 10.0 Å². The third kappa shape index (κ3) is 3.96. The first-order chi connectivity index (χ1) is 17.5. The number of piperazine rings is 1. The average molecular weight is 499 g/mol. The molecule has 4 heterocycles. The molecule has 1 fully saturated rings. The fraction of sp³-hybridized carbons (Fsp3) is 0.185. The fourth-order valence-electron chi connectivity index (χ4n) is 4.81. The number of hydrogen-bond acceptors (Lipinski definition) is 7. The lowest BCUT2D eigenvalue weighted by atomic mass is 10.1. The molecule has 1 aliphatic heterocycles. The van der Waals surface area contributed by atoms with Crippen molar-refractivity contribution in [1.82, 2.24) is 19.3 Å². The van der Waals surface area contributed by atoms with E-state index in [0.717, 1.165) is 42.6 Å². The molecule has 0 bridgehead atoms. The molecule has 0 saturated carbocycles. The van der Waals surface area contributed by atoms with Crippen LogP contribution in [0.1, 0.15) is 5.56 Å². The minimum absolute atomic E-state index is 0.170.